The summed E-state index contributed by atoms with van der Waals surface area (Å²) in [6.45, 7) is 6.41. The van der Waals surface area contributed by atoms with Gasteiger partial charge >= 0.3 is 5.97 Å². The van der Waals surface area contributed by atoms with E-state index in [4.69, 9.17) is 60.9 Å². The van der Waals surface area contributed by atoms with Gasteiger partial charge in [-0.15, -0.1) is 0 Å². The molecule has 0 saturated carbocycles. The highest BCUT2D eigenvalue weighted by atomic mass is 35.5. The molecule has 0 unspecified atom stereocenters. The molecular formula is C54H42Cl4N6O5. The van der Waals surface area contributed by atoms with Crippen molar-refractivity contribution in [2.75, 3.05) is 5.32 Å². The van der Waals surface area contributed by atoms with Crippen LogP contribution in [0.15, 0.2) is 164 Å². The Balaban J connectivity index is 0.000000190. The van der Waals surface area contributed by atoms with Gasteiger partial charge in [0.15, 0.2) is 11.4 Å². The van der Waals surface area contributed by atoms with E-state index in [1.807, 2.05) is 134 Å². The van der Waals surface area contributed by atoms with Crippen molar-refractivity contribution in [3.05, 3.63) is 223 Å². The van der Waals surface area contributed by atoms with Crippen LogP contribution in [0.25, 0.3) is 34.2 Å². The summed E-state index contributed by atoms with van der Waals surface area (Å²) in [7, 11) is 0. The Morgan fingerprint density at radius 1 is 0.565 bits per heavy atom. The topological polar surface area (TPSA) is 133 Å². The van der Waals surface area contributed by atoms with Crippen molar-refractivity contribution < 1.29 is 24.2 Å². The van der Waals surface area contributed by atoms with Gasteiger partial charge in [0.25, 0.3) is 5.91 Å². The van der Waals surface area contributed by atoms with E-state index >= 15 is 0 Å². The minimum absolute atomic E-state index is 0.0366. The number of nitrogens with zero attached hydrogens (tertiary/aromatic N) is 5. The van der Waals surface area contributed by atoms with Crippen LogP contribution in [0.1, 0.15) is 49.1 Å². The summed E-state index contributed by atoms with van der Waals surface area (Å²) in [5.74, 6) is 1.34. The van der Waals surface area contributed by atoms with Crippen molar-refractivity contribution in [2.45, 2.75) is 34.0 Å². The van der Waals surface area contributed by atoms with Crippen molar-refractivity contribution in [3.8, 4) is 45.6 Å². The molecule has 3 aromatic heterocycles. The fourth-order valence-electron chi connectivity index (χ4n) is 7.34. The van der Waals surface area contributed by atoms with Gasteiger partial charge in [-0.2, -0.15) is 0 Å². The number of pyridine rings is 1. The molecule has 0 aliphatic heterocycles. The lowest BCUT2D eigenvalue weighted by Gasteiger charge is -2.13. The number of amides is 1. The van der Waals surface area contributed by atoms with Crippen LogP contribution in [0, 0.1) is 20.8 Å². The van der Waals surface area contributed by atoms with Crippen LogP contribution in [0.5, 0.6) is 11.5 Å². The lowest BCUT2D eigenvalue weighted by Crippen LogP contribution is -2.15. The number of imidazole rings is 2. The molecule has 0 bridgehead atoms. The molecule has 1 amide bonds. The number of rotatable bonds is 13. The highest BCUT2D eigenvalue weighted by molar-refractivity contribution is 6.37. The first-order valence-corrected chi connectivity index (χ1v) is 22.9. The van der Waals surface area contributed by atoms with E-state index in [1.54, 1.807) is 60.2 Å². The van der Waals surface area contributed by atoms with Crippen LogP contribution in [0.2, 0.25) is 20.1 Å². The number of anilines is 1. The van der Waals surface area contributed by atoms with E-state index in [1.165, 1.54) is 0 Å². The van der Waals surface area contributed by atoms with Gasteiger partial charge < -0.3 is 19.9 Å². The summed E-state index contributed by atoms with van der Waals surface area (Å²) >= 11 is 25.1. The van der Waals surface area contributed by atoms with E-state index in [2.05, 4.69) is 15.3 Å². The third-order valence-electron chi connectivity index (χ3n) is 10.8. The molecule has 15 heteroatoms. The summed E-state index contributed by atoms with van der Waals surface area (Å²) in [6.07, 6.45) is 1.70. The summed E-state index contributed by atoms with van der Waals surface area (Å²) < 4.78 is 15.5. The maximum Gasteiger partial charge on any atom is 0.356 e. The summed E-state index contributed by atoms with van der Waals surface area (Å²) in [5, 5.41) is 14.2. The molecule has 0 aliphatic rings. The minimum Gasteiger partial charge on any atom is -0.489 e. The molecule has 9 aromatic rings. The Labute approximate surface area is 418 Å². The largest absolute Gasteiger partial charge is 0.489 e. The average molecular weight is 997 g/mol. The molecule has 346 valence electrons. The predicted octanol–water partition coefficient (Wildman–Crippen LogP) is 14.1. The number of hydrogen-bond acceptors (Lipinski definition) is 7. The normalized spacial score (nSPS) is 10.8. The van der Waals surface area contributed by atoms with Gasteiger partial charge in [-0.1, -0.05) is 113 Å². The number of aromatic nitrogens is 5. The van der Waals surface area contributed by atoms with E-state index in [9.17, 15) is 14.7 Å². The maximum absolute atomic E-state index is 13.3. The molecule has 0 saturated heterocycles. The molecule has 11 nitrogen and oxygen atoms in total. The smallest absolute Gasteiger partial charge is 0.356 e. The summed E-state index contributed by atoms with van der Waals surface area (Å²) in [6, 6.07) is 48.7. The van der Waals surface area contributed by atoms with Gasteiger partial charge in [-0.3, -0.25) is 13.9 Å². The first-order chi connectivity index (χ1) is 33.3. The second-order valence-corrected chi connectivity index (χ2v) is 17.4. The Morgan fingerprint density at radius 3 is 1.43 bits per heavy atom. The van der Waals surface area contributed by atoms with Gasteiger partial charge in [0.2, 0.25) is 0 Å². The van der Waals surface area contributed by atoms with Gasteiger partial charge in [-0.25, -0.2) is 19.7 Å². The number of carbonyl (C=O) groups is 2. The van der Waals surface area contributed by atoms with Gasteiger partial charge in [0.05, 0.1) is 21.4 Å². The van der Waals surface area contributed by atoms with Crippen LogP contribution < -0.4 is 14.8 Å². The first kappa shape index (κ1) is 48.1. The number of carbonyl (C=O) groups excluding carboxylic acids is 1. The molecule has 0 fully saturated rings. The second kappa shape index (κ2) is 21.7. The van der Waals surface area contributed by atoms with E-state index in [0.29, 0.717) is 79.0 Å². The number of nitrogens with one attached hydrogen (secondary N) is 1. The molecule has 0 spiro atoms. The third kappa shape index (κ3) is 11.5. The molecule has 3 heterocycles. The number of hydrogen-bond donors (Lipinski definition) is 2. The molecule has 0 aliphatic carbocycles. The third-order valence-corrected chi connectivity index (χ3v) is 11.9. The van der Waals surface area contributed by atoms with E-state index < -0.39 is 5.97 Å². The van der Waals surface area contributed by atoms with Crippen molar-refractivity contribution in [1.82, 2.24) is 24.1 Å². The van der Waals surface area contributed by atoms with Crippen LogP contribution in [0.3, 0.4) is 0 Å². The van der Waals surface area contributed by atoms with Crippen LogP contribution >= 0.6 is 46.4 Å². The van der Waals surface area contributed by atoms with E-state index in [-0.39, 0.29) is 17.3 Å². The van der Waals surface area contributed by atoms with E-state index in [0.717, 1.165) is 33.8 Å². The van der Waals surface area contributed by atoms with Gasteiger partial charge in [0.1, 0.15) is 42.2 Å². The van der Waals surface area contributed by atoms with Crippen LogP contribution in [-0.4, -0.2) is 41.1 Å². The Bertz CT molecular complexity index is 3250. The highest BCUT2D eigenvalue weighted by Gasteiger charge is 2.25. The van der Waals surface area contributed by atoms with Crippen molar-refractivity contribution in [3.63, 3.8) is 0 Å². The fraction of sp³-hybridized carbons (Fsp3) is 0.0926. The number of aromatic carboxylic acids is 1. The Hall–Kier alpha value is -7.41. The number of halogens is 4. The zero-order valence-corrected chi connectivity index (χ0v) is 40.4. The monoisotopic (exact) mass is 994 g/mol. The predicted molar refractivity (Wildman–Crippen MR) is 273 cm³/mol. The molecular weight excluding hydrogens is 954 g/mol. The van der Waals surface area contributed by atoms with Crippen LogP contribution in [-0.2, 0) is 13.2 Å². The molecule has 0 radical (unpaired) electrons. The molecule has 69 heavy (non-hydrogen) atoms. The lowest BCUT2D eigenvalue weighted by molar-refractivity contribution is 0.0690. The molecule has 9 rings (SSSR count). The number of benzene rings is 6. The molecule has 0 atom stereocenters. The second-order valence-electron chi connectivity index (χ2n) is 15.7. The van der Waals surface area contributed by atoms with Crippen molar-refractivity contribution >= 4 is 64.1 Å². The number of carboxylic acid groups (broad SMARTS) is 1. The highest BCUT2D eigenvalue weighted by Crippen LogP contribution is 2.36. The lowest BCUT2D eigenvalue weighted by atomic mass is 10.2. The van der Waals surface area contributed by atoms with Gasteiger partial charge in [-0.05, 0) is 128 Å². The minimum atomic E-state index is -1.11. The quantitative estimate of drug-likeness (QED) is 0.117. The molecule has 6 aromatic carbocycles. The fourth-order valence-corrected chi connectivity index (χ4v) is 8.32. The van der Waals surface area contributed by atoms with Gasteiger partial charge in [0, 0.05) is 38.7 Å². The standard InChI is InChI=1S/C30H24Cl2N4O2.C24H18Cl2N2O3/c1-19-8-15-27(33-17-19)34-30(37)28-20(2)36(29(35-28)25-14-9-22(31)16-26(25)32)23-10-12-24(13-11-23)38-18-21-6-4-3-5-7-21;1-15-22(24(29)30)27-23(20-12-7-17(25)13-21(20)26)28(15)18-8-10-19(11-9-18)31-14-16-5-3-2-4-6-16/h3-17H,18H2,1-2H3,(H,33,34,37);2-13H,14H2,1H3,(H,29,30). The Kier molecular flexibility index (Phi) is 15.1. The zero-order chi connectivity index (χ0) is 48.6. The summed E-state index contributed by atoms with van der Waals surface area (Å²) in [4.78, 5) is 38.3. The zero-order valence-electron chi connectivity index (χ0n) is 37.3. The number of carboxylic acids is 1. The Morgan fingerprint density at radius 2 is 1.01 bits per heavy atom. The molecule has 2 N–H and O–H groups in total. The number of ether oxygens (including phenoxy) is 2. The first-order valence-electron chi connectivity index (χ1n) is 21.4. The number of aryl methyl sites for hydroxylation is 1. The average Bonchev–Trinajstić information content (AvgIpc) is 3.88. The van der Waals surface area contributed by atoms with Crippen molar-refractivity contribution in [1.29, 1.82) is 0 Å². The van der Waals surface area contributed by atoms with Crippen molar-refractivity contribution in [2.24, 2.45) is 0 Å². The maximum atomic E-state index is 13.3. The van der Waals surface area contributed by atoms with Crippen LogP contribution in [0.4, 0.5) is 5.82 Å². The SMILES string of the molecule is Cc1c(C(=O)O)nc(-c2ccc(Cl)cc2Cl)n1-c1ccc(OCc2ccccc2)cc1.Cc1ccc(NC(=O)c2nc(-c3ccc(Cl)cc3Cl)n(-c3ccc(OCc4ccccc4)cc3)c2C)nc1. The summed E-state index contributed by atoms with van der Waals surface area (Å²) in [5.41, 5.74) is 7.30.